The summed E-state index contributed by atoms with van der Waals surface area (Å²) in [4.78, 5) is 18.2. The summed E-state index contributed by atoms with van der Waals surface area (Å²) in [7, 11) is 0. The van der Waals surface area contributed by atoms with Crippen molar-refractivity contribution in [2.45, 2.75) is 33.7 Å². The number of hydrogen-bond acceptors (Lipinski definition) is 3. The van der Waals surface area contributed by atoms with E-state index in [4.69, 9.17) is 4.74 Å². The highest BCUT2D eigenvalue weighted by molar-refractivity contribution is 7.16. The molecule has 0 radical (unpaired) electrons. The third-order valence-corrected chi connectivity index (χ3v) is 6.24. The number of carbonyl (C=O) groups is 1. The molecule has 0 saturated heterocycles. The van der Waals surface area contributed by atoms with Crippen molar-refractivity contribution in [1.82, 2.24) is 4.57 Å². The van der Waals surface area contributed by atoms with E-state index in [1.807, 2.05) is 31.2 Å². The first-order chi connectivity index (χ1) is 14.6. The molecule has 30 heavy (non-hydrogen) atoms. The van der Waals surface area contributed by atoms with E-state index < -0.39 is 0 Å². The van der Waals surface area contributed by atoms with Gasteiger partial charge in [0.25, 0.3) is 5.91 Å². The summed E-state index contributed by atoms with van der Waals surface area (Å²) in [5, 5.41) is 2.25. The Morgan fingerprint density at radius 2 is 1.90 bits per heavy atom. The molecule has 0 bridgehead atoms. The summed E-state index contributed by atoms with van der Waals surface area (Å²) in [5.74, 6) is -0.127. The van der Waals surface area contributed by atoms with E-state index in [1.165, 1.54) is 11.1 Å². The molecule has 4 nitrogen and oxygen atoms in total. The molecule has 0 aliphatic heterocycles. The molecular formula is C25H26N2O2S. The van der Waals surface area contributed by atoms with Crippen LogP contribution < -0.4 is 4.80 Å². The van der Waals surface area contributed by atoms with Crippen LogP contribution in [0, 0.1) is 13.8 Å². The minimum atomic E-state index is -0.127. The molecule has 0 spiro atoms. The highest BCUT2D eigenvalue weighted by atomic mass is 32.1. The predicted molar refractivity (Wildman–Crippen MR) is 124 cm³/mol. The number of fused-ring (bicyclic) bond motifs is 2. The van der Waals surface area contributed by atoms with Gasteiger partial charge in [0, 0.05) is 13.2 Å². The van der Waals surface area contributed by atoms with Crippen LogP contribution in [0.4, 0.5) is 0 Å². The van der Waals surface area contributed by atoms with Gasteiger partial charge >= 0.3 is 0 Å². The van der Waals surface area contributed by atoms with Crippen LogP contribution in [0.3, 0.4) is 0 Å². The maximum Gasteiger partial charge on any atom is 0.252 e. The summed E-state index contributed by atoms with van der Waals surface area (Å²) < 4.78 is 8.86. The van der Waals surface area contributed by atoms with E-state index in [-0.39, 0.29) is 5.91 Å². The third kappa shape index (κ3) is 4.23. The zero-order valence-electron chi connectivity index (χ0n) is 17.6. The second-order valence-electron chi connectivity index (χ2n) is 7.48. The molecule has 0 fully saturated rings. The number of benzene rings is 3. The average molecular weight is 419 g/mol. The lowest BCUT2D eigenvalue weighted by molar-refractivity contribution is -0.117. The first kappa shape index (κ1) is 20.5. The van der Waals surface area contributed by atoms with Crippen molar-refractivity contribution in [3.63, 3.8) is 0 Å². The molecule has 0 N–H and O–H groups in total. The van der Waals surface area contributed by atoms with Crippen LogP contribution in [0.1, 0.15) is 23.6 Å². The highest BCUT2D eigenvalue weighted by Crippen LogP contribution is 2.23. The molecule has 1 aromatic heterocycles. The van der Waals surface area contributed by atoms with E-state index in [0.717, 1.165) is 31.4 Å². The molecule has 0 saturated carbocycles. The Labute approximate surface area is 180 Å². The van der Waals surface area contributed by atoms with E-state index >= 15 is 0 Å². The number of hydrogen-bond donors (Lipinski definition) is 0. The molecule has 1 amide bonds. The molecule has 0 aliphatic rings. The summed E-state index contributed by atoms with van der Waals surface area (Å²) >= 11 is 1.57. The van der Waals surface area contributed by atoms with Crippen molar-refractivity contribution in [1.29, 1.82) is 0 Å². The number of aryl methyl sites for hydroxylation is 2. The Morgan fingerprint density at radius 1 is 1.10 bits per heavy atom. The second kappa shape index (κ2) is 8.94. The van der Waals surface area contributed by atoms with Crippen LogP contribution in [0.2, 0.25) is 0 Å². The molecule has 154 valence electrons. The Kier molecular flexibility index (Phi) is 6.11. The van der Waals surface area contributed by atoms with E-state index in [2.05, 4.69) is 53.7 Å². The Balaban J connectivity index is 1.74. The van der Waals surface area contributed by atoms with Crippen molar-refractivity contribution < 1.29 is 9.53 Å². The predicted octanol–water partition coefficient (Wildman–Crippen LogP) is 5.18. The lowest BCUT2D eigenvalue weighted by atomic mass is 10.0. The number of aromatic nitrogens is 1. The van der Waals surface area contributed by atoms with Crippen molar-refractivity contribution in [2.75, 3.05) is 13.2 Å². The first-order valence-corrected chi connectivity index (χ1v) is 11.1. The second-order valence-corrected chi connectivity index (χ2v) is 8.49. The summed E-state index contributed by atoms with van der Waals surface area (Å²) in [6.07, 6.45) is 0.291. The number of rotatable bonds is 6. The van der Waals surface area contributed by atoms with Gasteiger partial charge < -0.3 is 9.30 Å². The molecule has 1 heterocycles. The van der Waals surface area contributed by atoms with Gasteiger partial charge in [-0.1, -0.05) is 59.9 Å². The zero-order chi connectivity index (χ0) is 21.1. The van der Waals surface area contributed by atoms with Crippen molar-refractivity contribution in [2.24, 2.45) is 4.99 Å². The SMILES string of the molecule is CCOCCn1c(=NC(=O)Cc2cccc3ccccc23)sc2cc(C)cc(C)c21. The van der Waals surface area contributed by atoms with Crippen molar-refractivity contribution in [3.05, 3.63) is 76.1 Å². The molecule has 0 unspecified atom stereocenters. The molecule has 0 aliphatic carbocycles. The fourth-order valence-electron chi connectivity index (χ4n) is 3.94. The number of nitrogens with zero attached hydrogens (tertiary/aromatic N) is 2. The van der Waals surface area contributed by atoms with E-state index in [0.29, 0.717) is 26.2 Å². The van der Waals surface area contributed by atoms with Crippen LogP contribution >= 0.6 is 11.3 Å². The Morgan fingerprint density at radius 3 is 2.73 bits per heavy atom. The number of amides is 1. The van der Waals surface area contributed by atoms with Gasteiger partial charge in [-0.05, 0) is 54.3 Å². The Hall–Kier alpha value is -2.76. The minimum Gasteiger partial charge on any atom is -0.380 e. The number of thiazole rings is 1. The topological polar surface area (TPSA) is 43.6 Å². The highest BCUT2D eigenvalue weighted by Gasteiger charge is 2.12. The van der Waals surface area contributed by atoms with E-state index in [1.54, 1.807) is 11.3 Å². The molecular weight excluding hydrogens is 392 g/mol. The van der Waals surface area contributed by atoms with Gasteiger partial charge in [-0.2, -0.15) is 4.99 Å². The van der Waals surface area contributed by atoms with Crippen LogP contribution in [-0.2, 0) is 22.5 Å². The summed E-state index contributed by atoms with van der Waals surface area (Å²) in [5.41, 5.74) is 4.56. The van der Waals surface area contributed by atoms with Gasteiger partial charge in [-0.25, -0.2) is 0 Å². The molecule has 0 atom stereocenters. The number of carbonyl (C=O) groups excluding carboxylic acids is 1. The normalized spacial score (nSPS) is 12.2. The van der Waals surface area contributed by atoms with Crippen molar-refractivity contribution in [3.8, 4) is 0 Å². The standard InChI is InChI=1S/C25H26N2O2S/c1-4-29-13-12-27-24-18(3)14-17(2)15-22(24)30-25(27)26-23(28)16-20-10-7-9-19-8-5-6-11-21(19)20/h5-11,14-15H,4,12-13,16H2,1-3H3. The zero-order valence-corrected chi connectivity index (χ0v) is 18.5. The van der Waals surface area contributed by atoms with Gasteiger partial charge in [-0.3, -0.25) is 4.79 Å². The van der Waals surface area contributed by atoms with E-state index in [9.17, 15) is 4.79 Å². The smallest absolute Gasteiger partial charge is 0.252 e. The summed E-state index contributed by atoms with van der Waals surface area (Å²) in [6, 6.07) is 18.6. The average Bonchev–Trinajstić information content (AvgIpc) is 3.05. The van der Waals surface area contributed by atoms with Gasteiger partial charge in [0.05, 0.1) is 23.2 Å². The monoisotopic (exact) mass is 418 g/mol. The van der Waals surface area contributed by atoms with Crippen LogP contribution in [-0.4, -0.2) is 23.7 Å². The molecule has 4 aromatic rings. The van der Waals surface area contributed by atoms with Gasteiger partial charge in [0.15, 0.2) is 4.80 Å². The largest absolute Gasteiger partial charge is 0.380 e. The number of ether oxygens (including phenoxy) is 1. The maximum atomic E-state index is 12.9. The molecule has 5 heteroatoms. The Bertz CT molecular complexity index is 1280. The van der Waals surface area contributed by atoms with Gasteiger partial charge in [0.1, 0.15) is 0 Å². The van der Waals surface area contributed by atoms with Gasteiger partial charge in [-0.15, -0.1) is 0 Å². The van der Waals surface area contributed by atoms with Crippen LogP contribution in [0.5, 0.6) is 0 Å². The van der Waals surface area contributed by atoms with Gasteiger partial charge in [0.2, 0.25) is 0 Å². The lowest BCUT2D eigenvalue weighted by Gasteiger charge is -2.08. The fraction of sp³-hybridized carbons (Fsp3) is 0.280. The quantitative estimate of drug-likeness (QED) is 0.405. The fourth-order valence-corrected chi connectivity index (χ4v) is 5.19. The van der Waals surface area contributed by atoms with Crippen LogP contribution in [0.15, 0.2) is 59.6 Å². The third-order valence-electron chi connectivity index (χ3n) is 5.22. The van der Waals surface area contributed by atoms with Crippen LogP contribution in [0.25, 0.3) is 21.0 Å². The van der Waals surface area contributed by atoms with Crippen molar-refractivity contribution >= 4 is 38.2 Å². The molecule has 3 aromatic carbocycles. The maximum absolute atomic E-state index is 12.9. The first-order valence-electron chi connectivity index (χ1n) is 10.3. The molecule has 4 rings (SSSR count). The minimum absolute atomic E-state index is 0.127. The lowest BCUT2D eigenvalue weighted by Crippen LogP contribution is -2.20. The summed E-state index contributed by atoms with van der Waals surface area (Å²) in [6.45, 7) is 8.15.